The van der Waals surface area contributed by atoms with Gasteiger partial charge in [0, 0.05) is 16.5 Å². The number of benzene rings is 1. The van der Waals surface area contributed by atoms with E-state index in [9.17, 15) is 4.39 Å². The molecule has 1 nitrogen and oxygen atoms in total. The van der Waals surface area contributed by atoms with Crippen molar-refractivity contribution in [3.63, 3.8) is 0 Å². The van der Waals surface area contributed by atoms with Crippen LogP contribution in [0, 0.1) is 5.82 Å². The summed E-state index contributed by atoms with van der Waals surface area (Å²) in [4.78, 5) is 1.07. The van der Waals surface area contributed by atoms with Crippen LogP contribution in [0.3, 0.4) is 0 Å². The average Bonchev–Trinajstić information content (AvgIpc) is 2.86. The third-order valence-electron chi connectivity index (χ3n) is 2.87. The van der Waals surface area contributed by atoms with E-state index in [1.54, 1.807) is 23.5 Å². The number of rotatable bonds is 4. The molecule has 0 aliphatic heterocycles. The van der Waals surface area contributed by atoms with E-state index in [0.29, 0.717) is 11.3 Å². The standard InChI is InChI=1S/C14H14BrFOS/c1-3-9-6-7-18-14(9)13(15)11-5-4-10(17-2)8-12(11)16/h4-8,13H,3H2,1-2H3. The van der Waals surface area contributed by atoms with Crippen LogP contribution in [0.2, 0.25) is 0 Å². The minimum absolute atomic E-state index is 0.0987. The van der Waals surface area contributed by atoms with Gasteiger partial charge in [0.25, 0.3) is 0 Å². The van der Waals surface area contributed by atoms with Gasteiger partial charge >= 0.3 is 0 Å². The molecule has 18 heavy (non-hydrogen) atoms. The predicted octanol–water partition coefficient (Wildman–Crippen LogP) is 4.94. The molecular weight excluding hydrogens is 315 g/mol. The minimum atomic E-state index is -0.244. The summed E-state index contributed by atoms with van der Waals surface area (Å²) in [5.74, 6) is 0.296. The van der Waals surface area contributed by atoms with E-state index in [1.165, 1.54) is 23.6 Å². The first-order valence-electron chi connectivity index (χ1n) is 5.71. The fourth-order valence-electron chi connectivity index (χ4n) is 1.84. The van der Waals surface area contributed by atoms with Gasteiger partial charge in [0.05, 0.1) is 11.9 Å². The molecule has 0 saturated carbocycles. The van der Waals surface area contributed by atoms with Gasteiger partial charge in [0.1, 0.15) is 11.6 Å². The quantitative estimate of drug-likeness (QED) is 0.722. The molecule has 1 heterocycles. The van der Waals surface area contributed by atoms with E-state index in [2.05, 4.69) is 28.9 Å². The van der Waals surface area contributed by atoms with Gasteiger partial charge in [-0.1, -0.05) is 28.9 Å². The van der Waals surface area contributed by atoms with E-state index in [0.717, 1.165) is 6.42 Å². The maximum atomic E-state index is 14.0. The zero-order valence-corrected chi connectivity index (χ0v) is 12.6. The Morgan fingerprint density at radius 2 is 2.17 bits per heavy atom. The molecule has 96 valence electrons. The molecule has 0 spiro atoms. The molecule has 0 amide bonds. The Hall–Kier alpha value is -0.870. The lowest BCUT2D eigenvalue weighted by molar-refractivity contribution is 0.411. The monoisotopic (exact) mass is 328 g/mol. The highest BCUT2D eigenvalue weighted by atomic mass is 79.9. The number of aryl methyl sites for hydroxylation is 1. The number of alkyl halides is 1. The summed E-state index contributed by atoms with van der Waals surface area (Å²) >= 11 is 5.24. The summed E-state index contributed by atoms with van der Waals surface area (Å²) in [6.07, 6.45) is 0.957. The Balaban J connectivity index is 2.37. The van der Waals surface area contributed by atoms with Crippen LogP contribution in [0.25, 0.3) is 0 Å². The number of hydrogen-bond acceptors (Lipinski definition) is 2. The number of halogens is 2. The Morgan fingerprint density at radius 3 is 2.78 bits per heavy atom. The van der Waals surface area contributed by atoms with Crippen LogP contribution >= 0.6 is 27.3 Å². The van der Waals surface area contributed by atoms with Crippen molar-refractivity contribution in [2.24, 2.45) is 0 Å². The van der Waals surface area contributed by atoms with Crippen molar-refractivity contribution in [1.29, 1.82) is 0 Å². The lowest BCUT2D eigenvalue weighted by Gasteiger charge is -2.12. The first-order chi connectivity index (χ1) is 8.67. The number of ether oxygens (including phenoxy) is 1. The van der Waals surface area contributed by atoms with E-state index in [-0.39, 0.29) is 10.6 Å². The molecule has 0 fully saturated rings. The molecule has 4 heteroatoms. The topological polar surface area (TPSA) is 9.23 Å². The lowest BCUT2D eigenvalue weighted by atomic mass is 10.1. The summed E-state index contributed by atoms with van der Waals surface area (Å²) in [5.41, 5.74) is 1.91. The van der Waals surface area contributed by atoms with Gasteiger partial charge in [-0.3, -0.25) is 0 Å². The molecule has 0 N–H and O–H groups in total. The molecule has 1 aromatic heterocycles. The smallest absolute Gasteiger partial charge is 0.131 e. The molecule has 0 radical (unpaired) electrons. The van der Waals surface area contributed by atoms with Crippen LogP contribution in [0.4, 0.5) is 4.39 Å². The van der Waals surface area contributed by atoms with E-state index >= 15 is 0 Å². The molecule has 2 rings (SSSR count). The Bertz CT molecular complexity index is 538. The van der Waals surface area contributed by atoms with Crippen molar-refractivity contribution >= 4 is 27.3 Å². The van der Waals surface area contributed by atoms with Crippen molar-refractivity contribution in [2.45, 2.75) is 18.2 Å². The van der Waals surface area contributed by atoms with Crippen LogP contribution in [0.15, 0.2) is 29.6 Å². The van der Waals surface area contributed by atoms with Gasteiger partial charge < -0.3 is 4.74 Å². The lowest BCUT2D eigenvalue weighted by Crippen LogP contribution is -1.98. The van der Waals surface area contributed by atoms with E-state index in [4.69, 9.17) is 4.74 Å². The summed E-state index contributed by atoms with van der Waals surface area (Å²) in [6, 6.07) is 7.07. The van der Waals surface area contributed by atoms with Crippen LogP contribution in [0.1, 0.15) is 27.8 Å². The molecular formula is C14H14BrFOS. The average molecular weight is 329 g/mol. The second-order valence-electron chi connectivity index (χ2n) is 3.91. The highest BCUT2D eigenvalue weighted by molar-refractivity contribution is 9.09. The van der Waals surface area contributed by atoms with Crippen LogP contribution in [-0.2, 0) is 6.42 Å². The molecule has 2 aromatic rings. The largest absolute Gasteiger partial charge is 0.497 e. The molecule has 1 unspecified atom stereocenters. The second kappa shape index (κ2) is 5.85. The third-order valence-corrected chi connectivity index (χ3v) is 5.15. The first kappa shape index (κ1) is 13.6. The Kier molecular flexibility index (Phi) is 4.40. The summed E-state index contributed by atoms with van der Waals surface area (Å²) in [5, 5.41) is 2.05. The normalized spacial score (nSPS) is 12.4. The van der Waals surface area contributed by atoms with E-state index in [1.807, 2.05) is 5.38 Å². The van der Waals surface area contributed by atoms with Crippen molar-refractivity contribution in [2.75, 3.05) is 7.11 Å². The maximum absolute atomic E-state index is 14.0. The van der Waals surface area contributed by atoms with Crippen LogP contribution < -0.4 is 4.74 Å². The number of methoxy groups -OCH3 is 1. The van der Waals surface area contributed by atoms with Crippen molar-refractivity contribution in [3.05, 3.63) is 51.5 Å². The van der Waals surface area contributed by atoms with Crippen LogP contribution in [-0.4, -0.2) is 7.11 Å². The summed E-state index contributed by atoms with van der Waals surface area (Å²) < 4.78 is 19.0. The van der Waals surface area contributed by atoms with Crippen molar-refractivity contribution in [1.82, 2.24) is 0 Å². The fraction of sp³-hybridized carbons (Fsp3) is 0.286. The molecule has 1 atom stereocenters. The van der Waals surface area contributed by atoms with Crippen molar-refractivity contribution < 1.29 is 9.13 Å². The van der Waals surface area contributed by atoms with Gasteiger partial charge in [0.15, 0.2) is 0 Å². The number of thiophene rings is 1. The highest BCUT2D eigenvalue weighted by Gasteiger charge is 2.19. The highest BCUT2D eigenvalue weighted by Crippen LogP contribution is 2.38. The molecule has 1 aromatic carbocycles. The Morgan fingerprint density at radius 1 is 1.39 bits per heavy atom. The third kappa shape index (κ3) is 2.59. The number of hydrogen-bond donors (Lipinski definition) is 0. The second-order valence-corrected chi connectivity index (χ2v) is 5.78. The zero-order chi connectivity index (χ0) is 13.1. The van der Waals surface area contributed by atoms with Crippen LogP contribution in [0.5, 0.6) is 5.75 Å². The summed E-state index contributed by atoms with van der Waals surface area (Å²) in [7, 11) is 1.54. The zero-order valence-electron chi connectivity index (χ0n) is 10.2. The molecule has 0 saturated heterocycles. The van der Waals surface area contributed by atoms with E-state index < -0.39 is 0 Å². The summed E-state index contributed by atoms with van der Waals surface area (Å²) in [6.45, 7) is 2.11. The van der Waals surface area contributed by atoms with Gasteiger partial charge in [-0.05, 0) is 29.5 Å². The van der Waals surface area contributed by atoms with Gasteiger partial charge in [-0.2, -0.15) is 0 Å². The minimum Gasteiger partial charge on any atom is -0.497 e. The van der Waals surface area contributed by atoms with Gasteiger partial charge in [0.2, 0.25) is 0 Å². The fourth-order valence-corrected chi connectivity index (χ4v) is 3.82. The molecule has 0 aliphatic rings. The van der Waals surface area contributed by atoms with Gasteiger partial charge in [-0.25, -0.2) is 4.39 Å². The first-order valence-corrected chi connectivity index (χ1v) is 7.50. The molecule has 0 aliphatic carbocycles. The molecule has 0 bridgehead atoms. The Labute approximate surface area is 119 Å². The SMILES string of the molecule is CCc1ccsc1C(Br)c1ccc(OC)cc1F. The van der Waals surface area contributed by atoms with Gasteiger partial charge in [-0.15, -0.1) is 11.3 Å². The predicted molar refractivity (Wildman–Crippen MR) is 77.4 cm³/mol. The maximum Gasteiger partial charge on any atom is 0.131 e. The van der Waals surface area contributed by atoms with Crippen molar-refractivity contribution in [3.8, 4) is 5.75 Å².